The maximum Gasteiger partial charge on any atom is 0.194 e. The zero-order chi connectivity index (χ0) is 11.4. The third kappa shape index (κ3) is 2.00. The summed E-state index contributed by atoms with van der Waals surface area (Å²) in [5, 5.41) is 10.9. The highest BCUT2D eigenvalue weighted by Gasteiger charge is 2.22. The average molecular weight is 228 g/mol. The van der Waals surface area contributed by atoms with Crippen molar-refractivity contribution < 1.29 is 4.79 Å². The van der Waals surface area contributed by atoms with Crippen LogP contribution in [-0.4, -0.2) is 10.8 Å². The van der Waals surface area contributed by atoms with Gasteiger partial charge in [-0.1, -0.05) is 12.1 Å². The molecule has 0 aromatic carbocycles. The van der Waals surface area contributed by atoms with Gasteiger partial charge in [0.25, 0.3) is 0 Å². The van der Waals surface area contributed by atoms with Gasteiger partial charge < -0.3 is 0 Å². The van der Waals surface area contributed by atoms with Gasteiger partial charge >= 0.3 is 0 Å². The highest BCUT2D eigenvalue weighted by Crippen LogP contribution is 2.22. The van der Waals surface area contributed by atoms with E-state index in [1.807, 2.05) is 11.4 Å². The third-order valence-electron chi connectivity index (χ3n) is 2.17. The first-order valence-corrected chi connectivity index (χ1v) is 5.58. The molecule has 0 bridgehead atoms. The Kier molecular flexibility index (Phi) is 3.08. The number of hydrogen-bond acceptors (Lipinski definition) is 4. The maximum absolute atomic E-state index is 12.0. The molecule has 0 aliphatic carbocycles. The number of thiophene rings is 1. The van der Waals surface area contributed by atoms with Crippen LogP contribution in [0.15, 0.2) is 42.0 Å². The fourth-order valence-corrected chi connectivity index (χ4v) is 2.09. The second-order valence-electron chi connectivity index (χ2n) is 3.19. The Bertz CT molecular complexity index is 514. The van der Waals surface area contributed by atoms with Crippen molar-refractivity contribution in [2.75, 3.05) is 0 Å². The molecule has 0 radical (unpaired) electrons. The van der Waals surface area contributed by atoms with Crippen molar-refractivity contribution >= 4 is 17.1 Å². The Labute approximate surface area is 97.0 Å². The largest absolute Gasteiger partial charge is 0.291 e. The molecule has 1 unspecified atom stereocenters. The van der Waals surface area contributed by atoms with Crippen molar-refractivity contribution in [2.24, 2.45) is 0 Å². The Morgan fingerprint density at radius 1 is 1.44 bits per heavy atom. The monoisotopic (exact) mass is 228 g/mol. The van der Waals surface area contributed by atoms with Crippen molar-refractivity contribution in [2.45, 2.75) is 5.92 Å². The van der Waals surface area contributed by atoms with Gasteiger partial charge in [0.2, 0.25) is 0 Å². The molecular weight excluding hydrogens is 220 g/mol. The topological polar surface area (TPSA) is 53.8 Å². The minimum atomic E-state index is -0.757. The number of hydrogen-bond donors (Lipinski definition) is 0. The Morgan fingerprint density at radius 3 is 2.88 bits per heavy atom. The number of carbonyl (C=O) groups is 1. The summed E-state index contributed by atoms with van der Waals surface area (Å²) in [4.78, 5) is 16.5. The lowest BCUT2D eigenvalue weighted by Crippen LogP contribution is -2.09. The van der Waals surface area contributed by atoms with Crippen molar-refractivity contribution in [1.29, 1.82) is 5.26 Å². The molecule has 1 atom stereocenters. The molecule has 2 rings (SSSR count). The number of nitriles is 1. The summed E-state index contributed by atoms with van der Waals surface area (Å²) in [5.74, 6) is -0.919. The van der Waals surface area contributed by atoms with E-state index in [1.54, 1.807) is 36.7 Å². The number of nitrogens with zero attached hydrogens (tertiary/aromatic N) is 2. The smallest absolute Gasteiger partial charge is 0.194 e. The molecular formula is C12H8N2OS. The summed E-state index contributed by atoms with van der Waals surface area (Å²) >= 11 is 1.35. The third-order valence-corrected chi connectivity index (χ3v) is 3.06. The normalized spacial score (nSPS) is 11.7. The summed E-state index contributed by atoms with van der Waals surface area (Å²) in [5.41, 5.74) is 0.642. The lowest BCUT2D eigenvalue weighted by Gasteiger charge is -2.05. The number of pyridine rings is 1. The van der Waals surface area contributed by atoms with E-state index < -0.39 is 5.92 Å². The van der Waals surface area contributed by atoms with E-state index in [4.69, 9.17) is 5.26 Å². The fraction of sp³-hybridized carbons (Fsp3) is 0.0833. The standard InChI is InChI=1S/C12H8N2OS/c13-7-10(9-3-1-5-14-8-9)12(15)11-4-2-6-16-11/h1-6,8,10H. The highest BCUT2D eigenvalue weighted by atomic mass is 32.1. The number of ketones is 1. The minimum absolute atomic E-state index is 0.162. The van der Waals surface area contributed by atoms with Crippen molar-refractivity contribution in [3.8, 4) is 6.07 Å². The van der Waals surface area contributed by atoms with Gasteiger partial charge in [-0.2, -0.15) is 5.26 Å². The van der Waals surface area contributed by atoms with Gasteiger partial charge in [-0.15, -0.1) is 11.3 Å². The summed E-state index contributed by atoms with van der Waals surface area (Å²) < 4.78 is 0. The molecule has 0 spiro atoms. The molecule has 0 N–H and O–H groups in total. The first-order valence-electron chi connectivity index (χ1n) is 4.70. The molecule has 16 heavy (non-hydrogen) atoms. The van der Waals surface area contributed by atoms with E-state index in [2.05, 4.69) is 4.98 Å². The summed E-state index contributed by atoms with van der Waals surface area (Å²) in [6.07, 6.45) is 3.17. The molecule has 0 amide bonds. The molecule has 2 aromatic rings. The van der Waals surface area contributed by atoms with Crippen LogP contribution in [0, 0.1) is 11.3 Å². The van der Waals surface area contributed by atoms with E-state index in [0.29, 0.717) is 10.4 Å². The van der Waals surface area contributed by atoms with Crippen LogP contribution in [0.25, 0.3) is 0 Å². The quantitative estimate of drug-likeness (QED) is 0.759. The van der Waals surface area contributed by atoms with Crippen molar-refractivity contribution in [1.82, 2.24) is 4.98 Å². The second kappa shape index (κ2) is 4.69. The Balaban J connectivity index is 2.32. The van der Waals surface area contributed by atoms with Crippen LogP contribution in [0.5, 0.6) is 0 Å². The van der Waals surface area contributed by atoms with Crippen molar-refractivity contribution in [3.63, 3.8) is 0 Å². The molecule has 2 aromatic heterocycles. The number of Topliss-reactive ketones (excluding diaryl/α,β-unsaturated/α-hetero) is 1. The Morgan fingerprint density at radius 2 is 2.31 bits per heavy atom. The number of rotatable bonds is 3. The average Bonchev–Trinajstić information content (AvgIpc) is 2.85. The maximum atomic E-state index is 12.0. The first-order chi connectivity index (χ1) is 7.83. The van der Waals surface area contributed by atoms with Crippen LogP contribution >= 0.6 is 11.3 Å². The molecule has 2 heterocycles. The van der Waals surface area contributed by atoms with E-state index >= 15 is 0 Å². The van der Waals surface area contributed by atoms with Gasteiger partial charge in [0.05, 0.1) is 10.9 Å². The molecule has 0 aliphatic rings. The zero-order valence-electron chi connectivity index (χ0n) is 8.33. The SMILES string of the molecule is N#CC(C(=O)c1cccs1)c1cccnc1. The molecule has 4 heteroatoms. The van der Waals surface area contributed by atoms with Crippen LogP contribution in [0.4, 0.5) is 0 Å². The summed E-state index contributed by atoms with van der Waals surface area (Å²) in [6.45, 7) is 0. The fourth-order valence-electron chi connectivity index (χ4n) is 1.39. The van der Waals surface area contributed by atoms with Gasteiger partial charge in [-0.25, -0.2) is 0 Å². The van der Waals surface area contributed by atoms with Crippen LogP contribution in [0.2, 0.25) is 0 Å². The molecule has 0 aliphatic heterocycles. The van der Waals surface area contributed by atoms with Crippen LogP contribution in [0.3, 0.4) is 0 Å². The zero-order valence-corrected chi connectivity index (χ0v) is 9.15. The van der Waals surface area contributed by atoms with Crippen LogP contribution < -0.4 is 0 Å². The minimum Gasteiger partial charge on any atom is -0.291 e. The van der Waals surface area contributed by atoms with Gasteiger partial charge in [0.15, 0.2) is 5.78 Å². The number of carbonyl (C=O) groups excluding carboxylic acids is 1. The van der Waals surface area contributed by atoms with E-state index in [0.717, 1.165) is 0 Å². The molecule has 78 valence electrons. The predicted molar refractivity (Wildman–Crippen MR) is 61.2 cm³/mol. The molecule has 0 fully saturated rings. The predicted octanol–water partition coefficient (Wildman–Crippen LogP) is 2.63. The highest BCUT2D eigenvalue weighted by molar-refractivity contribution is 7.12. The Hall–Kier alpha value is -1.99. The van der Waals surface area contributed by atoms with E-state index in [1.165, 1.54) is 11.3 Å². The number of aromatic nitrogens is 1. The van der Waals surface area contributed by atoms with E-state index in [-0.39, 0.29) is 5.78 Å². The van der Waals surface area contributed by atoms with Gasteiger partial charge in [-0.05, 0) is 23.1 Å². The van der Waals surface area contributed by atoms with Gasteiger partial charge in [-0.3, -0.25) is 9.78 Å². The molecule has 0 saturated heterocycles. The van der Waals surface area contributed by atoms with Gasteiger partial charge in [0, 0.05) is 12.4 Å². The van der Waals surface area contributed by atoms with Crippen LogP contribution in [0.1, 0.15) is 21.2 Å². The van der Waals surface area contributed by atoms with Crippen molar-refractivity contribution in [3.05, 3.63) is 52.5 Å². The van der Waals surface area contributed by atoms with E-state index in [9.17, 15) is 4.79 Å². The van der Waals surface area contributed by atoms with Gasteiger partial charge in [0.1, 0.15) is 5.92 Å². The lowest BCUT2D eigenvalue weighted by atomic mass is 9.97. The lowest BCUT2D eigenvalue weighted by molar-refractivity contribution is 0.0982. The van der Waals surface area contributed by atoms with Crippen LogP contribution in [-0.2, 0) is 0 Å². The first kappa shape index (κ1) is 10.5. The summed E-state index contributed by atoms with van der Waals surface area (Å²) in [6, 6.07) is 9.02. The second-order valence-corrected chi connectivity index (χ2v) is 4.14. The molecule has 0 saturated carbocycles. The summed E-state index contributed by atoms with van der Waals surface area (Å²) in [7, 11) is 0. The molecule has 3 nitrogen and oxygen atoms in total.